The Bertz CT molecular complexity index is 1110. The van der Waals surface area contributed by atoms with Gasteiger partial charge in [-0.1, -0.05) is 0 Å². The third-order valence-corrected chi connectivity index (χ3v) is 5.03. The number of hydrogen-bond acceptors (Lipinski definition) is 10. The maximum Gasteiger partial charge on any atom is 0.373 e. The lowest BCUT2D eigenvalue weighted by molar-refractivity contribution is -0.385. The number of nitro benzene ring substituents is 1. The van der Waals surface area contributed by atoms with Crippen LogP contribution in [0.5, 0.6) is 11.5 Å². The van der Waals surface area contributed by atoms with Crippen molar-refractivity contribution in [2.45, 2.75) is 13.5 Å². The maximum atomic E-state index is 12.7. The predicted octanol–water partition coefficient (Wildman–Crippen LogP) is 3.32. The summed E-state index contributed by atoms with van der Waals surface area (Å²) in [7, 11) is 1.19. The van der Waals surface area contributed by atoms with Gasteiger partial charge in [-0.3, -0.25) is 24.6 Å². The molecule has 31 heavy (non-hydrogen) atoms. The Balaban J connectivity index is 1.89. The molecule has 1 aliphatic heterocycles. The smallest absolute Gasteiger partial charge is 0.373 e. The Labute approximate surface area is 179 Å². The highest BCUT2D eigenvalue weighted by atomic mass is 32.2. The average Bonchev–Trinajstić information content (AvgIpc) is 3.30. The summed E-state index contributed by atoms with van der Waals surface area (Å²) in [4.78, 5) is 47.8. The van der Waals surface area contributed by atoms with E-state index in [9.17, 15) is 29.6 Å². The second kappa shape index (κ2) is 8.92. The molecule has 3 rings (SSSR count). The van der Waals surface area contributed by atoms with Crippen molar-refractivity contribution in [1.82, 2.24) is 4.90 Å². The number of nitrogens with zero attached hydrogens (tertiary/aromatic N) is 2. The molecule has 0 aliphatic carbocycles. The van der Waals surface area contributed by atoms with Gasteiger partial charge >= 0.3 is 5.97 Å². The number of carbonyl (C=O) groups is 3. The Kier molecular flexibility index (Phi) is 6.30. The number of phenols is 1. The van der Waals surface area contributed by atoms with Crippen LogP contribution < -0.4 is 4.74 Å². The van der Waals surface area contributed by atoms with Gasteiger partial charge in [0.25, 0.3) is 16.8 Å². The molecule has 162 valence electrons. The first-order valence-electron chi connectivity index (χ1n) is 8.81. The Morgan fingerprint density at radius 1 is 1.35 bits per heavy atom. The topological polar surface area (TPSA) is 149 Å². The number of hydrogen-bond donors (Lipinski definition) is 1. The number of ether oxygens (including phenoxy) is 2. The van der Waals surface area contributed by atoms with Crippen molar-refractivity contribution in [3.63, 3.8) is 0 Å². The maximum absolute atomic E-state index is 12.7. The van der Waals surface area contributed by atoms with E-state index < -0.39 is 27.8 Å². The second-order valence-electron chi connectivity index (χ2n) is 6.10. The fourth-order valence-corrected chi connectivity index (χ4v) is 3.53. The first-order valence-corrected chi connectivity index (χ1v) is 9.63. The van der Waals surface area contributed by atoms with Crippen LogP contribution in [0.2, 0.25) is 0 Å². The summed E-state index contributed by atoms with van der Waals surface area (Å²) in [5, 5.41) is 20.9. The molecule has 2 aromatic rings. The largest absolute Gasteiger partial charge is 0.504 e. The number of benzene rings is 1. The summed E-state index contributed by atoms with van der Waals surface area (Å²) >= 11 is 0.599. The third kappa shape index (κ3) is 4.53. The van der Waals surface area contributed by atoms with E-state index in [2.05, 4.69) is 4.74 Å². The van der Waals surface area contributed by atoms with Crippen molar-refractivity contribution in [1.29, 1.82) is 0 Å². The first-order chi connectivity index (χ1) is 14.7. The molecule has 1 aromatic heterocycles. The van der Waals surface area contributed by atoms with Crippen molar-refractivity contribution in [2.75, 3.05) is 13.7 Å². The molecule has 0 saturated carbocycles. The van der Waals surface area contributed by atoms with Gasteiger partial charge < -0.3 is 19.0 Å². The van der Waals surface area contributed by atoms with Crippen LogP contribution in [-0.4, -0.2) is 45.8 Å². The molecule has 1 saturated heterocycles. The summed E-state index contributed by atoms with van der Waals surface area (Å²) in [5.74, 6) is -1.80. The van der Waals surface area contributed by atoms with Crippen molar-refractivity contribution in [3.05, 3.63) is 56.4 Å². The number of phenolic OH excluding ortho intramolecular Hbond substituents is 1. The number of rotatable bonds is 7. The highest BCUT2D eigenvalue weighted by Gasteiger charge is 2.36. The average molecular weight is 448 g/mol. The molecule has 1 N–H and O–H groups in total. The molecule has 0 spiro atoms. The molecule has 11 nitrogen and oxygen atoms in total. The monoisotopic (exact) mass is 448 g/mol. The molecule has 0 atom stereocenters. The van der Waals surface area contributed by atoms with Gasteiger partial charge in [-0.05, 0) is 36.9 Å². The number of aromatic hydroxyl groups is 1. The minimum atomic E-state index is -0.702. The molecule has 1 fully saturated rings. The van der Waals surface area contributed by atoms with E-state index >= 15 is 0 Å². The van der Waals surface area contributed by atoms with E-state index in [1.807, 2.05) is 0 Å². The van der Waals surface area contributed by atoms with Crippen LogP contribution in [0.25, 0.3) is 6.08 Å². The van der Waals surface area contributed by atoms with Crippen molar-refractivity contribution >= 4 is 40.6 Å². The number of imide groups is 1. The van der Waals surface area contributed by atoms with Gasteiger partial charge in [-0.15, -0.1) is 0 Å². The summed E-state index contributed by atoms with van der Waals surface area (Å²) < 4.78 is 15.0. The van der Waals surface area contributed by atoms with Gasteiger partial charge in [0.15, 0.2) is 11.5 Å². The number of amides is 2. The molecule has 0 unspecified atom stereocenters. The van der Waals surface area contributed by atoms with E-state index in [-0.39, 0.29) is 46.6 Å². The number of nitro groups is 1. The summed E-state index contributed by atoms with van der Waals surface area (Å²) in [5.41, 5.74) is -0.397. The third-order valence-electron chi connectivity index (χ3n) is 4.12. The number of methoxy groups -OCH3 is 1. The van der Waals surface area contributed by atoms with Gasteiger partial charge in [0, 0.05) is 11.6 Å². The van der Waals surface area contributed by atoms with Gasteiger partial charge in [0.1, 0.15) is 5.76 Å². The van der Waals surface area contributed by atoms with Crippen molar-refractivity contribution in [2.24, 2.45) is 0 Å². The van der Waals surface area contributed by atoms with E-state index in [0.717, 1.165) is 17.0 Å². The quantitative estimate of drug-likeness (QED) is 0.289. The predicted molar refractivity (Wildman–Crippen MR) is 107 cm³/mol. The van der Waals surface area contributed by atoms with E-state index in [0.29, 0.717) is 11.8 Å². The zero-order chi connectivity index (χ0) is 22.7. The van der Waals surface area contributed by atoms with Gasteiger partial charge in [-0.2, -0.15) is 0 Å². The number of esters is 1. The standard InChI is InChI=1S/C19H16N2O9S/c1-3-29-14-8-11(21(26)27)6-10(16(14)22)7-15-17(23)20(19(25)31-15)9-12-4-5-13(30-12)18(24)28-2/h4-8,22H,3,9H2,1-2H3/b15-7+. The van der Waals surface area contributed by atoms with Crippen LogP contribution in [0.1, 0.15) is 28.8 Å². The molecule has 12 heteroatoms. The lowest BCUT2D eigenvalue weighted by atomic mass is 10.1. The zero-order valence-electron chi connectivity index (χ0n) is 16.3. The van der Waals surface area contributed by atoms with Crippen LogP contribution in [0.15, 0.2) is 33.6 Å². The van der Waals surface area contributed by atoms with Gasteiger partial charge in [-0.25, -0.2) is 4.79 Å². The fourth-order valence-electron chi connectivity index (χ4n) is 2.70. The Morgan fingerprint density at radius 2 is 2.10 bits per heavy atom. The molecular weight excluding hydrogens is 432 g/mol. The zero-order valence-corrected chi connectivity index (χ0v) is 17.1. The van der Waals surface area contributed by atoms with Crippen molar-refractivity contribution < 1.29 is 38.3 Å². The Hall–Kier alpha value is -3.80. The summed E-state index contributed by atoms with van der Waals surface area (Å²) in [6.07, 6.45) is 1.18. The highest BCUT2D eigenvalue weighted by Crippen LogP contribution is 2.39. The summed E-state index contributed by atoms with van der Waals surface area (Å²) in [6.45, 7) is 1.56. The van der Waals surface area contributed by atoms with E-state index in [4.69, 9.17) is 9.15 Å². The molecule has 1 aromatic carbocycles. The number of carbonyl (C=O) groups excluding carboxylic acids is 3. The van der Waals surface area contributed by atoms with Gasteiger partial charge in [0.05, 0.1) is 36.2 Å². The van der Waals surface area contributed by atoms with Crippen LogP contribution >= 0.6 is 11.8 Å². The van der Waals surface area contributed by atoms with Crippen LogP contribution in [0.3, 0.4) is 0 Å². The molecule has 0 radical (unpaired) electrons. The van der Waals surface area contributed by atoms with Gasteiger partial charge in [0.2, 0.25) is 5.76 Å². The Morgan fingerprint density at radius 3 is 2.74 bits per heavy atom. The lowest BCUT2D eigenvalue weighted by Gasteiger charge is -2.10. The van der Waals surface area contributed by atoms with Crippen LogP contribution in [-0.2, 0) is 16.1 Å². The minimum absolute atomic E-state index is 0.0471. The molecule has 1 aliphatic rings. The summed E-state index contributed by atoms with van der Waals surface area (Å²) in [6, 6.07) is 4.92. The highest BCUT2D eigenvalue weighted by molar-refractivity contribution is 8.18. The van der Waals surface area contributed by atoms with E-state index in [1.54, 1.807) is 6.92 Å². The number of furan rings is 1. The lowest BCUT2D eigenvalue weighted by Crippen LogP contribution is -2.27. The molecule has 2 amide bonds. The number of non-ortho nitro benzene ring substituents is 1. The van der Waals surface area contributed by atoms with Crippen LogP contribution in [0.4, 0.5) is 10.5 Å². The normalized spacial score (nSPS) is 14.9. The van der Waals surface area contributed by atoms with E-state index in [1.165, 1.54) is 25.3 Å². The van der Waals surface area contributed by atoms with Crippen LogP contribution in [0, 0.1) is 10.1 Å². The molecular formula is C19H16N2O9S. The number of thioether (sulfide) groups is 1. The molecule has 2 heterocycles. The van der Waals surface area contributed by atoms with Crippen molar-refractivity contribution in [3.8, 4) is 11.5 Å². The minimum Gasteiger partial charge on any atom is -0.504 e. The SMILES string of the molecule is CCOc1cc([N+](=O)[O-])cc(/C=C2/SC(=O)N(Cc3ccc(C(=O)OC)o3)C2=O)c1O. The second-order valence-corrected chi connectivity index (χ2v) is 7.09. The first kappa shape index (κ1) is 21.9. The molecule has 0 bridgehead atoms. The fraction of sp³-hybridized carbons (Fsp3) is 0.211.